The molecule has 2 N–H and O–H groups in total. The summed E-state index contributed by atoms with van der Waals surface area (Å²) < 4.78 is 0. The Morgan fingerprint density at radius 1 is 1.23 bits per heavy atom. The molecule has 2 atom stereocenters. The van der Waals surface area contributed by atoms with Gasteiger partial charge in [0.2, 0.25) is 0 Å². The van der Waals surface area contributed by atoms with Crippen molar-refractivity contribution in [2.24, 2.45) is 0 Å². The molecular formula is C19H32Cl2N4O. The van der Waals surface area contributed by atoms with Crippen molar-refractivity contribution in [3.63, 3.8) is 0 Å². The van der Waals surface area contributed by atoms with E-state index in [1.54, 1.807) is 0 Å². The monoisotopic (exact) mass is 402 g/mol. The van der Waals surface area contributed by atoms with E-state index in [1.165, 1.54) is 5.56 Å². The van der Waals surface area contributed by atoms with Gasteiger partial charge in [0.1, 0.15) is 0 Å². The molecule has 0 radical (unpaired) electrons. The van der Waals surface area contributed by atoms with Crippen molar-refractivity contribution in [2.75, 3.05) is 39.8 Å². The van der Waals surface area contributed by atoms with E-state index in [1.807, 2.05) is 12.1 Å². The van der Waals surface area contributed by atoms with E-state index < -0.39 is 0 Å². The van der Waals surface area contributed by atoms with Crippen LogP contribution in [-0.4, -0.2) is 67.6 Å². The third-order valence-corrected chi connectivity index (χ3v) is 5.15. The third-order valence-electron chi connectivity index (χ3n) is 5.15. The van der Waals surface area contributed by atoms with Crippen LogP contribution < -0.4 is 10.6 Å². The number of hydrogen-bond donors (Lipinski definition) is 2. The second-order valence-electron chi connectivity index (χ2n) is 7.33. The van der Waals surface area contributed by atoms with Gasteiger partial charge in [-0.3, -0.25) is 9.69 Å². The van der Waals surface area contributed by atoms with Crippen LogP contribution in [0, 0.1) is 0 Å². The summed E-state index contributed by atoms with van der Waals surface area (Å²) in [5.74, 6) is 0.0642. The predicted molar refractivity (Wildman–Crippen MR) is 112 cm³/mol. The van der Waals surface area contributed by atoms with Crippen molar-refractivity contribution in [2.45, 2.75) is 38.4 Å². The molecular weight excluding hydrogens is 371 g/mol. The molecule has 1 aromatic rings. The molecule has 148 valence electrons. The number of hydrogen-bond acceptors (Lipinski definition) is 4. The van der Waals surface area contributed by atoms with Gasteiger partial charge in [0.05, 0.1) is 0 Å². The van der Waals surface area contributed by atoms with Crippen LogP contribution >= 0.6 is 24.8 Å². The fourth-order valence-electron chi connectivity index (χ4n) is 3.61. The van der Waals surface area contributed by atoms with Gasteiger partial charge in [-0.25, -0.2) is 0 Å². The van der Waals surface area contributed by atoms with Crippen LogP contribution in [0.1, 0.15) is 35.7 Å². The second-order valence-corrected chi connectivity index (χ2v) is 7.33. The largest absolute Gasteiger partial charge is 0.349 e. The van der Waals surface area contributed by atoms with E-state index in [0.717, 1.165) is 57.7 Å². The van der Waals surface area contributed by atoms with Gasteiger partial charge in [-0.1, -0.05) is 12.1 Å². The Labute approximate surface area is 169 Å². The molecule has 0 aromatic heterocycles. The number of carbonyl (C=O) groups excluding carboxylic acids is 1. The summed E-state index contributed by atoms with van der Waals surface area (Å²) >= 11 is 0. The van der Waals surface area contributed by atoms with Gasteiger partial charge < -0.3 is 15.5 Å². The Morgan fingerprint density at radius 3 is 2.65 bits per heavy atom. The molecule has 0 spiro atoms. The third kappa shape index (κ3) is 6.71. The van der Waals surface area contributed by atoms with Crippen LogP contribution in [0.2, 0.25) is 0 Å². The van der Waals surface area contributed by atoms with E-state index in [0.29, 0.717) is 6.04 Å². The Hall–Kier alpha value is -0.850. The van der Waals surface area contributed by atoms with Gasteiger partial charge in [-0.2, -0.15) is 0 Å². The molecule has 2 aliphatic heterocycles. The molecule has 5 nitrogen and oxygen atoms in total. The van der Waals surface area contributed by atoms with Gasteiger partial charge in [0, 0.05) is 50.4 Å². The number of piperazine rings is 1. The zero-order valence-corrected chi connectivity index (χ0v) is 17.4. The summed E-state index contributed by atoms with van der Waals surface area (Å²) in [6.07, 6.45) is 2.02. The molecule has 2 heterocycles. The van der Waals surface area contributed by atoms with Crippen molar-refractivity contribution >= 4 is 30.7 Å². The van der Waals surface area contributed by atoms with Crippen molar-refractivity contribution in [3.05, 3.63) is 35.4 Å². The minimum absolute atomic E-state index is 0. The quantitative estimate of drug-likeness (QED) is 0.809. The van der Waals surface area contributed by atoms with E-state index in [9.17, 15) is 4.79 Å². The lowest BCUT2D eigenvalue weighted by Gasteiger charge is -2.32. The standard InChI is InChI=1S/C19H30N4O.2ClH/c1-15-12-18(6-7-20-15)21-19(24)17-5-3-4-16(13-17)14-23-10-8-22(2)9-11-23;;/h3-5,13,15,18,20H,6-12,14H2,1-2H3,(H,21,24);2*1H. The number of rotatable bonds is 4. The Balaban J connectivity index is 0.00000169. The lowest BCUT2D eigenvalue weighted by Crippen LogP contribution is -2.46. The van der Waals surface area contributed by atoms with Crippen LogP contribution in [0.15, 0.2) is 24.3 Å². The molecule has 26 heavy (non-hydrogen) atoms. The molecule has 2 saturated heterocycles. The Morgan fingerprint density at radius 2 is 1.96 bits per heavy atom. The summed E-state index contributed by atoms with van der Waals surface area (Å²) in [5.41, 5.74) is 2.01. The number of halogens is 2. The van der Waals surface area contributed by atoms with Crippen molar-refractivity contribution in [1.82, 2.24) is 20.4 Å². The van der Waals surface area contributed by atoms with Crippen molar-refractivity contribution in [3.8, 4) is 0 Å². The predicted octanol–water partition coefficient (Wildman–Crippen LogP) is 2.15. The smallest absolute Gasteiger partial charge is 0.251 e. The average Bonchev–Trinajstić information content (AvgIpc) is 2.57. The van der Waals surface area contributed by atoms with Gasteiger partial charge in [-0.05, 0) is 51.1 Å². The minimum atomic E-state index is 0. The maximum Gasteiger partial charge on any atom is 0.251 e. The fourth-order valence-corrected chi connectivity index (χ4v) is 3.61. The fraction of sp³-hybridized carbons (Fsp3) is 0.632. The van der Waals surface area contributed by atoms with Gasteiger partial charge >= 0.3 is 0 Å². The maximum absolute atomic E-state index is 12.6. The SMILES string of the molecule is CC1CC(NC(=O)c2cccc(CN3CCN(C)CC3)c2)CCN1.Cl.Cl. The van der Waals surface area contributed by atoms with Crippen LogP contribution in [-0.2, 0) is 6.54 Å². The topological polar surface area (TPSA) is 47.6 Å². The molecule has 1 aromatic carbocycles. The highest BCUT2D eigenvalue weighted by atomic mass is 35.5. The number of likely N-dealkylation sites (N-methyl/N-ethyl adjacent to an activating group) is 1. The van der Waals surface area contributed by atoms with Crippen molar-refractivity contribution in [1.29, 1.82) is 0 Å². The summed E-state index contributed by atoms with van der Waals surface area (Å²) in [4.78, 5) is 17.4. The Kier molecular flexibility index (Phi) is 9.90. The summed E-state index contributed by atoms with van der Waals surface area (Å²) in [6.45, 7) is 8.52. The number of benzene rings is 1. The first-order valence-corrected chi connectivity index (χ1v) is 9.14. The summed E-state index contributed by atoms with van der Waals surface area (Å²) in [7, 11) is 2.17. The molecule has 0 bridgehead atoms. The number of piperidine rings is 1. The van der Waals surface area contributed by atoms with Gasteiger partial charge in [-0.15, -0.1) is 24.8 Å². The molecule has 2 aliphatic rings. The van der Waals surface area contributed by atoms with E-state index in [-0.39, 0.29) is 36.8 Å². The molecule has 2 fully saturated rings. The normalized spacial score (nSPS) is 24.2. The van der Waals surface area contributed by atoms with E-state index in [4.69, 9.17) is 0 Å². The average molecular weight is 403 g/mol. The first-order valence-electron chi connectivity index (χ1n) is 9.14. The van der Waals surface area contributed by atoms with Crippen LogP contribution in [0.4, 0.5) is 0 Å². The second kappa shape index (κ2) is 11.1. The maximum atomic E-state index is 12.6. The van der Waals surface area contributed by atoms with E-state index >= 15 is 0 Å². The minimum Gasteiger partial charge on any atom is -0.349 e. The molecule has 7 heteroatoms. The zero-order valence-electron chi connectivity index (χ0n) is 15.7. The number of nitrogens with zero attached hydrogens (tertiary/aromatic N) is 2. The zero-order chi connectivity index (χ0) is 16.9. The highest BCUT2D eigenvalue weighted by Crippen LogP contribution is 2.13. The lowest BCUT2D eigenvalue weighted by atomic mass is 10.00. The number of amides is 1. The van der Waals surface area contributed by atoms with Crippen molar-refractivity contribution < 1.29 is 4.79 Å². The number of nitrogens with one attached hydrogen (secondary N) is 2. The highest BCUT2D eigenvalue weighted by molar-refractivity contribution is 5.94. The van der Waals surface area contributed by atoms with Crippen LogP contribution in [0.25, 0.3) is 0 Å². The first kappa shape index (κ1) is 23.2. The number of carbonyl (C=O) groups is 1. The lowest BCUT2D eigenvalue weighted by molar-refractivity contribution is 0.0925. The summed E-state index contributed by atoms with van der Waals surface area (Å²) in [6, 6.07) is 8.88. The molecule has 0 saturated carbocycles. The van der Waals surface area contributed by atoms with Crippen LogP contribution in [0.3, 0.4) is 0 Å². The molecule has 0 aliphatic carbocycles. The first-order chi connectivity index (χ1) is 11.6. The summed E-state index contributed by atoms with van der Waals surface area (Å²) in [5, 5.41) is 6.63. The molecule has 1 amide bonds. The van der Waals surface area contributed by atoms with Crippen LogP contribution in [0.5, 0.6) is 0 Å². The van der Waals surface area contributed by atoms with Gasteiger partial charge in [0.25, 0.3) is 5.91 Å². The van der Waals surface area contributed by atoms with Gasteiger partial charge in [0.15, 0.2) is 0 Å². The van der Waals surface area contributed by atoms with E-state index in [2.05, 4.69) is 46.5 Å². The Bertz CT molecular complexity index is 564. The molecule has 3 rings (SSSR count). The molecule has 2 unspecified atom stereocenters. The highest BCUT2D eigenvalue weighted by Gasteiger charge is 2.21.